The highest BCUT2D eigenvalue weighted by atomic mass is 35.5. The maximum absolute atomic E-state index is 13.3. The lowest BCUT2D eigenvalue weighted by atomic mass is 9.92. The largest absolute Gasteiger partial charge is 0.325 e. The fourth-order valence-electron chi connectivity index (χ4n) is 2.92. The molecule has 0 radical (unpaired) electrons. The number of rotatable bonds is 5. The lowest BCUT2D eigenvalue weighted by Gasteiger charge is -2.22. The summed E-state index contributed by atoms with van der Waals surface area (Å²) in [6.07, 6.45) is 0. The van der Waals surface area contributed by atoms with Gasteiger partial charge >= 0.3 is 6.03 Å². The topological polar surface area (TPSA) is 127 Å². The standard InChI is InChI=1S/C18H15ClFN3O5S/c1-18(11-3-5-12(6-4-11)29(21,27)28)16(25)23(17(26)22-18)9-15(24)10-2-7-14(20)13(19)8-10/h2-8H,9H2,1H3,(H,22,26)(H2,21,27,28). The van der Waals surface area contributed by atoms with Crippen molar-refractivity contribution in [3.63, 3.8) is 0 Å². The van der Waals surface area contributed by atoms with Gasteiger partial charge in [0.15, 0.2) is 5.78 Å². The molecule has 3 amide bonds. The van der Waals surface area contributed by atoms with Crippen LogP contribution in [-0.4, -0.2) is 37.6 Å². The molecule has 11 heteroatoms. The molecule has 3 rings (SSSR count). The van der Waals surface area contributed by atoms with Crippen molar-refractivity contribution in [1.82, 2.24) is 10.2 Å². The molecule has 29 heavy (non-hydrogen) atoms. The average Bonchev–Trinajstić information content (AvgIpc) is 2.87. The van der Waals surface area contributed by atoms with Crippen molar-refractivity contribution in [2.24, 2.45) is 5.14 Å². The molecular weight excluding hydrogens is 425 g/mol. The summed E-state index contributed by atoms with van der Waals surface area (Å²) < 4.78 is 36.0. The van der Waals surface area contributed by atoms with Gasteiger partial charge in [-0.1, -0.05) is 23.7 Å². The molecule has 0 saturated carbocycles. The van der Waals surface area contributed by atoms with Crippen LogP contribution in [0, 0.1) is 5.82 Å². The number of nitrogens with two attached hydrogens (primary N) is 1. The van der Waals surface area contributed by atoms with Gasteiger partial charge in [0, 0.05) is 5.56 Å². The molecule has 0 spiro atoms. The van der Waals surface area contributed by atoms with Gasteiger partial charge in [0.2, 0.25) is 10.0 Å². The number of hydrogen-bond donors (Lipinski definition) is 2. The summed E-state index contributed by atoms with van der Waals surface area (Å²) in [4.78, 5) is 38.2. The van der Waals surface area contributed by atoms with Crippen LogP contribution in [0.5, 0.6) is 0 Å². The SMILES string of the molecule is CC1(c2ccc(S(N)(=O)=O)cc2)NC(=O)N(CC(=O)c2ccc(F)c(Cl)c2)C1=O. The Hall–Kier alpha value is -2.82. The van der Waals surface area contributed by atoms with Crippen molar-refractivity contribution in [1.29, 1.82) is 0 Å². The van der Waals surface area contributed by atoms with E-state index in [0.717, 1.165) is 17.0 Å². The molecule has 1 heterocycles. The second kappa shape index (κ2) is 7.21. The number of urea groups is 1. The maximum atomic E-state index is 13.3. The number of carbonyl (C=O) groups is 3. The predicted molar refractivity (Wildman–Crippen MR) is 101 cm³/mol. The smallest absolute Gasteiger partial charge is 0.319 e. The predicted octanol–water partition coefficient (Wildman–Crippen LogP) is 1.78. The molecule has 152 valence electrons. The number of halogens is 2. The van der Waals surface area contributed by atoms with E-state index in [9.17, 15) is 27.2 Å². The van der Waals surface area contributed by atoms with Gasteiger partial charge < -0.3 is 5.32 Å². The first-order valence-electron chi connectivity index (χ1n) is 8.19. The van der Waals surface area contributed by atoms with Crippen LogP contribution in [0.15, 0.2) is 47.4 Å². The van der Waals surface area contributed by atoms with E-state index in [0.29, 0.717) is 5.56 Å². The van der Waals surface area contributed by atoms with Crippen molar-refractivity contribution in [3.8, 4) is 0 Å². The molecule has 0 aliphatic carbocycles. The van der Waals surface area contributed by atoms with Gasteiger partial charge in [0.05, 0.1) is 16.5 Å². The fraction of sp³-hybridized carbons (Fsp3) is 0.167. The zero-order valence-corrected chi connectivity index (χ0v) is 16.6. The lowest BCUT2D eigenvalue weighted by Crippen LogP contribution is -2.41. The molecule has 3 N–H and O–H groups in total. The highest BCUT2D eigenvalue weighted by molar-refractivity contribution is 7.89. The second-order valence-electron chi connectivity index (χ2n) is 6.57. The highest BCUT2D eigenvalue weighted by Crippen LogP contribution is 2.29. The minimum atomic E-state index is -3.92. The summed E-state index contributed by atoms with van der Waals surface area (Å²) >= 11 is 5.66. The number of sulfonamides is 1. The maximum Gasteiger partial charge on any atom is 0.325 e. The molecule has 1 unspecified atom stereocenters. The van der Waals surface area contributed by atoms with Crippen molar-refractivity contribution in [2.45, 2.75) is 17.4 Å². The van der Waals surface area contributed by atoms with E-state index in [2.05, 4.69) is 5.32 Å². The van der Waals surface area contributed by atoms with Crippen molar-refractivity contribution >= 4 is 39.3 Å². The summed E-state index contributed by atoms with van der Waals surface area (Å²) in [6, 6.07) is 7.66. The van der Waals surface area contributed by atoms with E-state index in [1.54, 1.807) is 0 Å². The monoisotopic (exact) mass is 439 g/mol. The molecule has 1 aliphatic heterocycles. The number of primary sulfonamides is 1. The Morgan fingerprint density at radius 2 is 1.83 bits per heavy atom. The number of nitrogens with zero attached hydrogens (tertiary/aromatic N) is 1. The first kappa shape index (κ1) is 20.9. The third-order valence-corrected chi connectivity index (χ3v) is 5.80. The first-order chi connectivity index (χ1) is 13.4. The van der Waals surface area contributed by atoms with Crippen LogP contribution in [0.3, 0.4) is 0 Å². The molecule has 0 bridgehead atoms. The van der Waals surface area contributed by atoms with E-state index in [1.807, 2.05) is 0 Å². The third kappa shape index (κ3) is 3.86. The summed E-state index contributed by atoms with van der Waals surface area (Å²) in [6.45, 7) is 0.857. The third-order valence-electron chi connectivity index (χ3n) is 4.58. The lowest BCUT2D eigenvalue weighted by molar-refractivity contribution is -0.130. The number of nitrogens with one attached hydrogen (secondary N) is 1. The van der Waals surface area contributed by atoms with Gasteiger partial charge in [-0.2, -0.15) is 0 Å². The molecule has 1 atom stereocenters. The number of ketones is 1. The van der Waals surface area contributed by atoms with Crippen LogP contribution in [-0.2, 0) is 20.4 Å². The Balaban J connectivity index is 1.85. The first-order valence-corrected chi connectivity index (χ1v) is 10.1. The molecule has 1 aliphatic rings. The molecule has 2 aromatic carbocycles. The fourth-order valence-corrected chi connectivity index (χ4v) is 3.61. The molecule has 2 aromatic rings. The van der Waals surface area contributed by atoms with Gasteiger partial charge in [-0.25, -0.2) is 22.7 Å². The molecule has 8 nitrogen and oxygen atoms in total. The Labute approximate surface area is 170 Å². The molecule has 1 fully saturated rings. The van der Waals surface area contributed by atoms with Gasteiger partial charge in [0.25, 0.3) is 5.91 Å². The van der Waals surface area contributed by atoms with Gasteiger partial charge in [-0.15, -0.1) is 0 Å². The Kier molecular flexibility index (Phi) is 5.20. The number of hydrogen-bond acceptors (Lipinski definition) is 5. The Morgan fingerprint density at radius 3 is 2.38 bits per heavy atom. The van der Waals surface area contributed by atoms with Gasteiger partial charge in [-0.05, 0) is 42.8 Å². The summed E-state index contributed by atoms with van der Waals surface area (Å²) in [5, 5.41) is 7.30. The van der Waals surface area contributed by atoms with Crippen LogP contribution in [0.1, 0.15) is 22.8 Å². The molecular formula is C18H15ClFN3O5S. The molecule has 0 aromatic heterocycles. The van der Waals surface area contributed by atoms with E-state index in [4.69, 9.17) is 16.7 Å². The number of amides is 3. The highest BCUT2D eigenvalue weighted by Gasteiger charge is 2.49. The summed E-state index contributed by atoms with van der Waals surface area (Å²) in [5.74, 6) is -2.01. The zero-order valence-electron chi connectivity index (χ0n) is 15.0. The quantitative estimate of drug-likeness (QED) is 0.542. The van der Waals surface area contributed by atoms with Gasteiger partial charge in [0.1, 0.15) is 11.4 Å². The normalized spacial score (nSPS) is 19.4. The zero-order chi connectivity index (χ0) is 21.6. The molecule has 1 saturated heterocycles. The number of benzene rings is 2. The minimum Gasteiger partial charge on any atom is -0.319 e. The van der Waals surface area contributed by atoms with Crippen LogP contribution in [0.4, 0.5) is 9.18 Å². The van der Waals surface area contributed by atoms with Crippen molar-refractivity contribution in [3.05, 3.63) is 64.4 Å². The number of imide groups is 1. The summed E-state index contributed by atoms with van der Waals surface area (Å²) in [5.41, 5.74) is -1.15. The van der Waals surface area contributed by atoms with Crippen LogP contribution in [0.2, 0.25) is 5.02 Å². The summed E-state index contributed by atoms with van der Waals surface area (Å²) in [7, 11) is -3.92. The second-order valence-corrected chi connectivity index (χ2v) is 8.54. The van der Waals surface area contributed by atoms with Crippen LogP contribution < -0.4 is 10.5 Å². The number of carbonyl (C=O) groups excluding carboxylic acids is 3. The van der Waals surface area contributed by atoms with E-state index < -0.39 is 45.6 Å². The average molecular weight is 440 g/mol. The Morgan fingerprint density at radius 1 is 1.21 bits per heavy atom. The van der Waals surface area contributed by atoms with Crippen LogP contribution in [0.25, 0.3) is 0 Å². The number of Topliss-reactive ketones (excluding diaryl/α,β-unsaturated/α-hetero) is 1. The minimum absolute atomic E-state index is 0.0445. The van der Waals surface area contributed by atoms with E-state index >= 15 is 0 Å². The van der Waals surface area contributed by atoms with Crippen LogP contribution >= 0.6 is 11.6 Å². The van der Waals surface area contributed by atoms with Gasteiger partial charge in [-0.3, -0.25) is 14.5 Å². The van der Waals surface area contributed by atoms with E-state index in [-0.39, 0.29) is 15.5 Å². The van der Waals surface area contributed by atoms with E-state index in [1.165, 1.54) is 37.3 Å². The van der Waals surface area contributed by atoms with Crippen molar-refractivity contribution in [2.75, 3.05) is 6.54 Å². The van der Waals surface area contributed by atoms with Crippen molar-refractivity contribution < 1.29 is 27.2 Å². The Bertz CT molecular complexity index is 1140.